The lowest BCUT2D eigenvalue weighted by Crippen LogP contribution is -2.30. The molecule has 18 heavy (non-hydrogen) atoms. The van der Waals surface area contributed by atoms with Crippen LogP contribution in [0.1, 0.15) is 23.8 Å². The zero-order valence-electron chi connectivity index (χ0n) is 10.5. The Bertz CT molecular complexity index is 388. The normalized spacial score (nSPS) is 18.6. The van der Waals surface area contributed by atoms with E-state index in [2.05, 4.69) is 20.6 Å². The minimum absolute atomic E-state index is 0.183. The molecule has 1 saturated heterocycles. The van der Waals surface area contributed by atoms with E-state index in [1.54, 1.807) is 6.20 Å². The van der Waals surface area contributed by atoms with Crippen molar-refractivity contribution < 1.29 is 9.53 Å². The highest BCUT2D eigenvalue weighted by molar-refractivity contribution is 5.91. The second kappa shape index (κ2) is 6.30. The summed E-state index contributed by atoms with van der Waals surface area (Å²) in [5.74, 6) is 0.915. The van der Waals surface area contributed by atoms with E-state index in [1.807, 2.05) is 6.92 Å². The third-order valence-electron chi connectivity index (χ3n) is 2.82. The zero-order valence-corrected chi connectivity index (χ0v) is 10.5. The molecule has 1 aliphatic heterocycles. The first kappa shape index (κ1) is 12.8. The van der Waals surface area contributed by atoms with Crippen LogP contribution in [-0.2, 0) is 4.74 Å². The lowest BCUT2D eigenvalue weighted by Gasteiger charge is -2.09. The third kappa shape index (κ3) is 3.40. The predicted octanol–water partition coefficient (Wildman–Crippen LogP) is 0.675. The molecule has 0 aromatic carbocycles. The summed E-state index contributed by atoms with van der Waals surface area (Å²) in [7, 11) is 0. The first-order valence-electron chi connectivity index (χ1n) is 6.21. The number of amides is 1. The summed E-state index contributed by atoms with van der Waals surface area (Å²) in [5, 5.41) is 5.88. The van der Waals surface area contributed by atoms with E-state index >= 15 is 0 Å². The molecule has 1 aromatic rings. The maximum absolute atomic E-state index is 11.8. The van der Waals surface area contributed by atoms with Gasteiger partial charge >= 0.3 is 0 Å². The van der Waals surface area contributed by atoms with Crippen LogP contribution >= 0.6 is 0 Å². The lowest BCUT2D eigenvalue weighted by molar-refractivity contribution is 0.0939. The molecule has 1 aromatic heterocycles. The summed E-state index contributed by atoms with van der Waals surface area (Å²) in [6, 6.07) is 0. The zero-order chi connectivity index (χ0) is 12.8. The van der Waals surface area contributed by atoms with Crippen LogP contribution in [0.4, 0.5) is 5.82 Å². The number of carbonyl (C=O) groups is 1. The second-order valence-electron chi connectivity index (χ2n) is 4.26. The molecule has 2 heterocycles. The van der Waals surface area contributed by atoms with Crippen molar-refractivity contribution in [2.75, 3.05) is 31.6 Å². The first-order valence-corrected chi connectivity index (χ1v) is 6.21. The first-order chi connectivity index (χ1) is 8.79. The third-order valence-corrected chi connectivity index (χ3v) is 2.82. The van der Waals surface area contributed by atoms with Gasteiger partial charge in [0.1, 0.15) is 11.5 Å². The summed E-state index contributed by atoms with van der Waals surface area (Å²) in [6.07, 6.45) is 4.06. The van der Waals surface area contributed by atoms with Crippen molar-refractivity contribution in [1.29, 1.82) is 0 Å². The van der Waals surface area contributed by atoms with Crippen LogP contribution in [0.15, 0.2) is 12.4 Å². The molecule has 6 nitrogen and oxygen atoms in total. The molecule has 0 spiro atoms. The molecule has 1 amide bonds. The van der Waals surface area contributed by atoms with E-state index in [-0.39, 0.29) is 5.91 Å². The Labute approximate surface area is 106 Å². The van der Waals surface area contributed by atoms with Gasteiger partial charge in [0.25, 0.3) is 5.91 Å². The van der Waals surface area contributed by atoms with Gasteiger partial charge < -0.3 is 15.4 Å². The molecule has 98 valence electrons. The average molecular weight is 250 g/mol. The number of hydrogen-bond donors (Lipinski definition) is 2. The fourth-order valence-corrected chi connectivity index (χ4v) is 1.79. The number of rotatable bonds is 5. The maximum atomic E-state index is 11.8. The molecule has 2 rings (SSSR count). The number of aromatic nitrogens is 2. The molecule has 0 saturated carbocycles. The van der Waals surface area contributed by atoms with Gasteiger partial charge in [-0.25, -0.2) is 9.97 Å². The number of ether oxygens (including phenoxy) is 1. The van der Waals surface area contributed by atoms with Crippen molar-refractivity contribution >= 4 is 11.7 Å². The van der Waals surface area contributed by atoms with Crippen LogP contribution in [0.2, 0.25) is 0 Å². The Balaban J connectivity index is 1.83. The topological polar surface area (TPSA) is 76.1 Å². The summed E-state index contributed by atoms with van der Waals surface area (Å²) < 4.78 is 5.25. The van der Waals surface area contributed by atoms with E-state index in [0.29, 0.717) is 24.0 Å². The number of nitrogens with one attached hydrogen (secondary N) is 2. The number of anilines is 1. The van der Waals surface area contributed by atoms with Gasteiger partial charge in [0.2, 0.25) is 0 Å². The van der Waals surface area contributed by atoms with Crippen LogP contribution in [0.5, 0.6) is 0 Å². The fourth-order valence-electron chi connectivity index (χ4n) is 1.79. The van der Waals surface area contributed by atoms with Crippen molar-refractivity contribution in [3.63, 3.8) is 0 Å². The van der Waals surface area contributed by atoms with E-state index in [9.17, 15) is 4.79 Å². The number of carbonyl (C=O) groups excluding carboxylic acids is 1. The van der Waals surface area contributed by atoms with E-state index in [0.717, 1.165) is 26.2 Å². The molecule has 1 fully saturated rings. The molecule has 6 heteroatoms. The summed E-state index contributed by atoms with van der Waals surface area (Å²) in [6.45, 7) is 4.91. The van der Waals surface area contributed by atoms with Gasteiger partial charge in [-0.1, -0.05) is 0 Å². The highest BCUT2D eigenvalue weighted by Crippen LogP contribution is 2.10. The van der Waals surface area contributed by atoms with E-state index in [4.69, 9.17) is 4.74 Å². The minimum atomic E-state index is -0.183. The van der Waals surface area contributed by atoms with Crippen molar-refractivity contribution in [2.45, 2.75) is 13.3 Å². The number of hydrogen-bond acceptors (Lipinski definition) is 5. The lowest BCUT2D eigenvalue weighted by atomic mass is 10.1. The molecule has 0 aliphatic carbocycles. The fraction of sp³-hybridized carbons (Fsp3) is 0.583. The minimum Gasteiger partial charge on any atom is -0.381 e. The monoisotopic (exact) mass is 250 g/mol. The van der Waals surface area contributed by atoms with Crippen LogP contribution in [0.25, 0.3) is 0 Å². The largest absolute Gasteiger partial charge is 0.381 e. The Morgan fingerprint density at radius 1 is 1.50 bits per heavy atom. The molecular formula is C12H18N4O2. The molecule has 0 radical (unpaired) electrons. The van der Waals surface area contributed by atoms with Crippen LogP contribution < -0.4 is 10.6 Å². The van der Waals surface area contributed by atoms with Gasteiger partial charge in [-0.2, -0.15) is 0 Å². The van der Waals surface area contributed by atoms with Gasteiger partial charge in [-0.3, -0.25) is 4.79 Å². The highest BCUT2D eigenvalue weighted by Gasteiger charge is 2.17. The Morgan fingerprint density at radius 2 is 2.39 bits per heavy atom. The van der Waals surface area contributed by atoms with Gasteiger partial charge in [0, 0.05) is 25.6 Å². The second-order valence-corrected chi connectivity index (χ2v) is 4.26. The van der Waals surface area contributed by atoms with Crippen LogP contribution in [0.3, 0.4) is 0 Å². The summed E-state index contributed by atoms with van der Waals surface area (Å²) in [5.41, 5.74) is 0.343. The quantitative estimate of drug-likeness (QED) is 0.803. The molecule has 1 unspecified atom stereocenters. The predicted molar refractivity (Wildman–Crippen MR) is 67.5 cm³/mol. The Morgan fingerprint density at radius 3 is 3.00 bits per heavy atom. The Kier molecular flexibility index (Phi) is 4.46. The molecule has 1 atom stereocenters. The standard InChI is InChI=1S/C12H18N4O2/c1-2-13-11-7-14-10(6-15-11)12(17)16-5-9-3-4-18-8-9/h6-7,9H,2-5,8H2,1H3,(H,13,15)(H,16,17). The molecule has 0 bridgehead atoms. The van der Waals surface area contributed by atoms with Gasteiger partial charge in [-0.05, 0) is 13.3 Å². The van der Waals surface area contributed by atoms with Crippen LogP contribution in [-0.4, -0.2) is 42.2 Å². The van der Waals surface area contributed by atoms with Crippen molar-refractivity contribution in [3.05, 3.63) is 18.1 Å². The maximum Gasteiger partial charge on any atom is 0.271 e. The smallest absolute Gasteiger partial charge is 0.271 e. The summed E-state index contributed by atoms with van der Waals surface area (Å²) >= 11 is 0. The van der Waals surface area contributed by atoms with Crippen molar-refractivity contribution in [1.82, 2.24) is 15.3 Å². The van der Waals surface area contributed by atoms with Crippen molar-refractivity contribution in [3.8, 4) is 0 Å². The Hall–Kier alpha value is -1.69. The SMILES string of the molecule is CCNc1cnc(C(=O)NCC2CCOC2)cn1. The van der Waals surface area contributed by atoms with Crippen molar-refractivity contribution in [2.24, 2.45) is 5.92 Å². The van der Waals surface area contributed by atoms with Gasteiger partial charge in [-0.15, -0.1) is 0 Å². The molecule has 2 N–H and O–H groups in total. The van der Waals surface area contributed by atoms with Crippen LogP contribution in [0, 0.1) is 5.92 Å². The number of nitrogens with zero attached hydrogens (tertiary/aromatic N) is 2. The average Bonchev–Trinajstić information content (AvgIpc) is 2.90. The highest BCUT2D eigenvalue weighted by atomic mass is 16.5. The molecule has 1 aliphatic rings. The van der Waals surface area contributed by atoms with E-state index < -0.39 is 0 Å². The summed E-state index contributed by atoms with van der Waals surface area (Å²) in [4.78, 5) is 20.0. The molecular weight excluding hydrogens is 232 g/mol. The van der Waals surface area contributed by atoms with Gasteiger partial charge in [0.15, 0.2) is 0 Å². The van der Waals surface area contributed by atoms with E-state index in [1.165, 1.54) is 6.20 Å². The van der Waals surface area contributed by atoms with Gasteiger partial charge in [0.05, 0.1) is 19.0 Å².